The lowest BCUT2D eigenvalue weighted by Crippen LogP contribution is -2.11. The molecule has 26 heavy (non-hydrogen) atoms. The first-order valence-corrected chi connectivity index (χ1v) is 10.0. The number of carbonyl (C=O) groups excluding carboxylic acids is 1. The SMILES string of the molecule is COC(=O)c1cccc(C2SC(C)=CN2SCc2ccc(OC)cc2)c1. The predicted octanol–water partition coefficient (Wildman–Crippen LogP) is 5.24. The summed E-state index contributed by atoms with van der Waals surface area (Å²) in [7, 11) is 3.08. The Morgan fingerprint density at radius 1 is 1.19 bits per heavy atom. The Balaban J connectivity index is 1.72. The van der Waals surface area contributed by atoms with Crippen molar-refractivity contribution in [2.75, 3.05) is 14.2 Å². The lowest BCUT2D eigenvalue weighted by molar-refractivity contribution is 0.0600. The molecule has 0 aromatic heterocycles. The molecule has 0 amide bonds. The smallest absolute Gasteiger partial charge is 0.337 e. The standard InChI is InChI=1S/C20H21NO3S2/c1-14-12-21(25-13-15-7-9-18(23-2)10-8-15)19(26-14)16-5-4-6-17(11-16)20(22)24-3/h4-12,19H,13H2,1-3H3. The molecule has 1 heterocycles. The lowest BCUT2D eigenvalue weighted by Gasteiger charge is -2.24. The van der Waals surface area contributed by atoms with Crippen LogP contribution in [0.15, 0.2) is 59.6 Å². The fraction of sp³-hybridized carbons (Fsp3) is 0.250. The maximum atomic E-state index is 11.8. The number of esters is 1. The van der Waals surface area contributed by atoms with Crippen LogP contribution in [-0.4, -0.2) is 24.5 Å². The molecule has 0 spiro atoms. The largest absolute Gasteiger partial charge is 0.497 e. The van der Waals surface area contributed by atoms with Gasteiger partial charge in [0.15, 0.2) is 0 Å². The third kappa shape index (κ3) is 4.37. The molecule has 6 heteroatoms. The molecular formula is C20H21NO3S2. The van der Waals surface area contributed by atoms with E-state index in [4.69, 9.17) is 9.47 Å². The highest BCUT2D eigenvalue weighted by Crippen LogP contribution is 2.47. The molecule has 1 atom stereocenters. The summed E-state index contributed by atoms with van der Waals surface area (Å²) in [6.45, 7) is 2.11. The molecule has 0 saturated heterocycles. The highest BCUT2D eigenvalue weighted by atomic mass is 32.2. The van der Waals surface area contributed by atoms with Gasteiger partial charge in [0.2, 0.25) is 0 Å². The number of nitrogens with zero attached hydrogens (tertiary/aromatic N) is 1. The van der Waals surface area contributed by atoms with E-state index in [0.717, 1.165) is 17.1 Å². The zero-order chi connectivity index (χ0) is 18.5. The van der Waals surface area contributed by atoms with Crippen LogP contribution in [0.5, 0.6) is 5.75 Å². The van der Waals surface area contributed by atoms with Crippen LogP contribution in [-0.2, 0) is 10.5 Å². The Hall–Kier alpha value is -2.05. The summed E-state index contributed by atoms with van der Waals surface area (Å²) in [5.74, 6) is 1.42. The zero-order valence-corrected chi connectivity index (χ0v) is 16.6. The number of hydrogen-bond donors (Lipinski definition) is 0. The quantitative estimate of drug-likeness (QED) is 0.499. The van der Waals surface area contributed by atoms with Crippen molar-refractivity contribution in [1.29, 1.82) is 0 Å². The van der Waals surface area contributed by atoms with Gasteiger partial charge in [0.1, 0.15) is 11.1 Å². The van der Waals surface area contributed by atoms with Crippen LogP contribution in [0.25, 0.3) is 0 Å². The summed E-state index contributed by atoms with van der Waals surface area (Å²) in [6.07, 6.45) is 2.16. The van der Waals surface area contributed by atoms with Gasteiger partial charge in [0, 0.05) is 16.9 Å². The van der Waals surface area contributed by atoms with E-state index >= 15 is 0 Å². The van der Waals surface area contributed by atoms with Gasteiger partial charge in [0.25, 0.3) is 0 Å². The molecule has 1 aliphatic rings. The Kier molecular flexibility index (Phi) is 6.16. The minimum Gasteiger partial charge on any atom is -0.497 e. The van der Waals surface area contributed by atoms with E-state index in [1.807, 2.05) is 24.3 Å². The summed E-state index contributed by atoms with van der Waals surface area (Å²) >= 11 is 3.55. The van der Waals surface area contributed by atoms with Crippen LogP contribution in [0, 0.1) is 0 Å². The molecule has 0 N–H and O–H groups in total. The van der Waals surface area contributed by atoms with Gasteiger partial charge in [-0.15, -0.1) is 0 Å². The Morgan fingerprint density at radius 3 is 2.65 bits per heavy atom. The monoisotopic (exact) mass is 387 g/mol. The van der Waals surface area contributed by atoms with Gasteiger partial charge in [-0.25, -0.2) is 4.79 Å². The van der Waals surface area contributed by atoms with Crippen LogP contribution < -0.4 is 4.74 Å². The number of carbonyl (C=O) groups is 1. The van der Waals surface area contributed by atoms with Gasteiger partial charge in [-0.2, -0.15) is 0 Å². The van der Waals surface area contributed by atoms with Crippen molar-refractivity contribution < 1.29 is 14.3 Å². The Labute approximate surface area is 162 Å². The Morgan fingerprint density at radius 2 is 1.96 bits per heavy atom. The molecule has 1 unspecified atom stereocenters. The molecule has 0 aliphatic carbocycles. The molecule has 1 aliphatic heterocycles. The second-order valence-corrected chi connectivity index (χ2v) is 8.10. The first-order chi connectivity index (χ1) is 12.6. The Bertz CT molecular complexity index is 805. The topological polar surface area (TPSA) is 38.8 Å². The fourth-order valence-corrected chi connectivity index (χ4v) is 4.97. The van der Waals surface area contributed by atoms with Gasteiger partial charge >= 0.3 is 5.97 Å². The molecule has 0 bridgehead atoms. The molecule has 0 radical (unpaired) electrons. The maximum absolute atomic E-state index is 11.8. The van der Waals surface area contributed by atoms with Gasteiger partial charge in [0.05, 0.1) is 19.8 Å². The molecule has 0 saturated carbocycles. The average Bonchev–Trinajstić information content (AvgIpc) is 3.07. The summed E-state index contributed by atoms with van der Waals surface area (Å²) in [5, 5.41) is 0.142. The summed E-state index contributed by atoms with van der Waals surface area (Å²) in [4.78, 5) is 13.1. The second kappa shape index (κ2) is 8.56. The minimum absolute atomic E-state index is 0.142. The second-order valence-electron chi connectivity index (χ2n) is 5.81. The van der Waals surface area contributed by atoms with E-state index < -0.39 is 0 Å². The van der Waals surface area contributed by atoms with Crippen molar-refractivity contribution in [3.63, 3.8) is 0 Å². The summed E-state index contributed by atoms with van der Waals surface area (Å²) in [6, 6.07) is 15.8. The molecule has 136 valence electrons. The molecule has 2 aromatic carbocycles. The van der Waals surface area contributed by atoms with Gasteiger partial charge in [-0.05, 0) is 54.3 Å². The molecule has 2 aromatic rings. The van der Waals surface area contributed by atoms with Crippen molar-refractivity contribution in [3.8, 4) is 5.75 Å². The van der Waals surface area contributed by atoms with Crippen molar-refractivity contribution in [2.45, 2.75) is 18.1 Å². The first kappa shape index (κ1) is 18.7. The minimum atomic E-state index is -0.308. The number of benzene rings is 2. The maximum Gasteiger partial charge on any atom is 0.337 e. The zero-order valence-electron chi connectivity index (χ0n) is 15.0. The summed E-state index contributed by atoms with van der Waals surface area (Å²) in [5.41, 5.74) is 2.91. The van der Waals surface area contributed by atoms with Crippen molar-refractivity contribution in [1.82, 2.24) is 4.31 Å². The lowest BCUT2D eigenvalue weighted by atomic mass is 10.1. The first-order valence-electron chi connectivity index (χ1n) is 8.18. The van der Waals surface area contributed by atoms with E-state index in [0.29, 0.717) is 5.56 Å². The van der Waals surface area contributed by atoms with E-state index in [1.165, 1.54) is 17.6 Å². The van der Waals surface area contributed by atoms with Crippen LogP contribution in [0.2, 0.25) is 0 Å². The number of methoxy groups -OCH3 is 2. The summed E-state index contributed by atoms with van der Waals surface area (Å²) < 4.78 is 12.3. The van der Waals surface area contributed by atoms with E-state index in [9.17, 15) is 4.79 Å². The molecule has 4 nitrogen and oxygen atoms in total. The number of thioether (sulfide) groups is 1. The van der Waals surface area contributed by atoms with Gasteiger partial charge in [-0.1, -0.05) is 36.0 Å². The third-order valence-corrected chi connectivity index (χ3v) is 6.38. The molecule has 0 fully saturated rings. The van der Waals surface area contributed by atoms with Crippen LogP contribution in [0.1, 0.15) is 33.8 Å². The number of hydrogen-bond acceptors (Lipinski definition) is 6. The van der Waals surface area contributed by atoms with E-state index in [1.54, 1.807) is 36.9 Å². The van der Waals surface area contributed by atoms with Crippen molar-refractivity contribution >= 4 is 29.7 Å². The van der Waals surface area contributed by atoms with Gasteiger partial charge in [-0.3, -0.25) is 0 Å². The van der Waals surface area contributed by atoms with Crippen molar-refractivity contribution in [3.05, 3.63) is 76.3 Å². The third-order valence-electron chi connectivity index (χ3n) is 3.97. The normalized spacial score (nSPS) is 16.3. The number of ether oxygens (including phenoxy) is 2. The van der Waals surface area contributed by atoms with Crippen molar-refractivity contribution in [2.24, 2.45) is 0 Å². The van der Waals surface area contributed by atoms with Crippen LogP contribution in [0.3, 0.4) is 0 Å². The van der Waals surface area contributed by atoms with E-state index in [-0.39, 0.29) is 11.3 Å². The van der Waals surface area contributed by atoms with Crippen LogP contribution in [0.4, 0.5) is 0 Å². The highest BCUT2D eigenvalue weighted by molar-refractivity contribution is 8.05. The predicted molar refractivity (Wildman–Crippen MR) is 108 cm³/mol. The highest BCUT2D eigenvalue weighted by Gasteiger charge is 2.26. The number of allylic oxidation sites excluding steroid dienone is 1. The molecular weight excluding hydrogens is 366 g/mol. The van der Waals surface area contributed by atoms with E-state index in [2.05, 4.69) is 35.6 Å². The average molecular weight is 388 g/mol. The number of rotatable bonds is 6. The molecule has 3 rings (SSSR count). The fourth-order valence-electron chi connectivity index (χ4n) is 2.63. The van der Waals surface area contributed by atoms with Crippen LogP contribution >= 0.6 is 23.7 Å². The van der Waals surface area contributed by atoms with Gasteiger partial charge < -0.3 is 13.8 Å².